The van der Waals surface area contributed by atoms with Crippen molar-refractivity contribution in [2.24, 2.45) is 0 Å². The molecule has 1 unspecified atom stereocenters. The minimum Gasteiger partial charge on any atom is -0.478 e. The first-order valence-corrected chi connectivity index (χ1v) is 7.07. The van der Waals surface area contributed by atoms with Crippen LogP contribution in [0.15, 0.2) is 36.7 Å². The molecule has 0 amide bonds. The lowest BCUT2D eigenvalue weighted by molar-refractivity contribution is 0.114. The third-order valence-corrected chi connectivity index (χ3v) is 3.14. The molecule has 112 valence electrons. The third kappa shape index (κ3) is 4.58. The van der Waals surface area contributed by atoms with Crippen LogP contribution in [0.2, 0.25) is 5.02 Å². The second kappa shape index (κ2) is 7.81. The fraction of sp³-hybridized carbons (Fsp3) is 0.333. The summed E-state index contributed by atoms with van der Waals surface area (Å²) in [5.41, 5.74) is 1.01. The molecule has 6 heteroatoms. The van der Waals surface area contributed by atoms with E-state index in [1.807, 2.05) is 31.2 Å². The number of hydrogen-bond acceptors (Lipinski definition) is 5. The van der Waals surface area contributed by atoms with Crippen LogP contribution in [0.5, 0.6) is 5.88 Å². The smallest absolute Gasteiger partial charge is 0.218 e. The van der Waals surface area contributed by atoms with Gasteiger partial charge in [0.25, 0.3) is 0 Å². The number of methoxy groups -OCH3 is 1. The molecule has 5 nitrogen and oxygen atoms in total. The summed E-state index contributed by atoms with van der Waals surface area (Å²) in [6.07, 6.45) is 1.35. The van der Waals surface area contributed by atoms with Crippen molar-refractivity contribution < 1.29 is 9.47 Å². The third-order valence-electron chi connectivity index (χ3n) is 2.91. The SMILES string of the molecule is CCOc1cc(NCC(OC)c2cccc(Cl)c2)ncn1. The highest BCUT2D eigenvalue weighted by Crippen LogP contribution is 2.21. The summed E-state index contributed by atoms with van der Waals surface area (Å²) in [5.74, 6) is 1.24. The quantitative estimate of drug-likeness (QED) is 0.850. The Morgan fingerprint density at radius 2 is 2.14 bits per heavy atom. The summed E-state index contributed by atoms with van der Waals surface area (Å²) in [7, 11) is 1.67. The highest BCUT2D eigenvalue weighted by Gasteiger charge is 2.11. The maximum Gasteiger partial charge on any atom is 0.218 e. The molecule has 0 spiro atoms. The van der Waals surface area contributed by atoms with Crippen molar-refractivity contribution in [3.63, 3.8) is 0 Å². The van der Waals surface area contributed by atoms with Gasteiger partial charge in [-0.15, -0.1) is 0 Å². The molecule has 0 fully saturated rings. The molecule has 0 saturated heterocycles. The summed E-state index contributed by atoms with van der Waals surface area (Å²) < 4.78 is 10.8. The molecule has 1 aromatic heterocycles. The molecule has 2 aromatic rings. The van der Waals surface area contributed by atoms with E-state index in [2.05, 4.69) is 15.3 Å². The van der Waals surface area contributed by atoms with Crippen molar-refractivity contribution in [1.82, 2.24) is 9.97 Å². The lowest BCUT2D eigenvalue weighted by Gasteiger charge is -2.17. The van der Waals surface area contributed by atoms with Crippen LogP contribution >= 0.6 is 11.6 Å². The Kier molecular flexibility index (Phi) is 5.78. The van der Waals surface area contributed by atoms with E-state index in [1.165, 1.54) is 6.33 Å². The number of halogens is 1. The second-order valence-electron chi connectivity index (χ2n) is 4.33. The Balaban J connectivity index is 2.01. The molecule has 2 rings (SSSR count). The Labute approximate surface area is 129 Å². The molecule has 21 heavy (non-hydrogen) atoms. The lowest BCUT2D eigenvalue weighted by Crippen LogP contribution is -2.15. The van der Waals surface area contributed by atoms with Crippen molar-refractivity contribution in [3.8, 4) is 5.88 Å². The highest BCUT2D eigenvalue weighted by molar-refractivity contribution is 6.30. The van der Waals surface area contributed by atoms with Gasteiger partial charge in [0.05, 0.1) is 12.7 Å². The summed E-state index contributed by atoms with van der Waals surface area (Å²) in [6, 6.07) is 9.37. The Morgan fingerprint density at radius 3 is 2.86 bits per heavy atom. The van der Waals surface area contributed by atoms with Gasteiger partial charge < -0.3 is 14.8 Å². The normalized spacial score (nSPS) is 12.0. The second-order valence-corrected chi connectivity index (χ2v) is 4.77. The average molecular weight is 308 g/mol. The van der Waals surface area contributed by atoms with Gasteiger partial charge in [-0.1, -0.05) is 23.7 Å². The van der Waals surface area contributed by atoms with Crippen molar-refractivity contribution in [3.05, 3.63) is 47.2 Å². The largest absolute Gasteiger partial charge is 0.478 e. The maximum atomic E-state index is 6.01. The van der Waals surface area contributed by atoms with E-state index in [-0.39, 0.29) is 6.10 Å². The van der Waals surface area contributed by atoms with E-state index in [4.69, 9.17) is 21.1 Å². The molecule has 0 radical (unpaired) electrons. The monoisotopic (exact) mass is 307 g/mol. The van der Waals surface area contributed by atoms with Crippen LogP contribution in [0.4, 0.5) is 5.82 Å². The van der Waals surface area contributed by atoms with Crippen LogP contribution in [0.25, 0.3) is 0 Å². The van der Waals surface area contributed by atoms with Crippen molar-refractivity contribution >= 4 is 17.4 Å². The topological polar surface area (TPSA) is 56.3 Å². The highest BCUT2D eigenvalue weighted by atomic mass is 35.5. The predicted molar refractivity (Wildman–Crippen MR) is 82.9 cm³/mol. The van der Waals surface area contributed by atoms with Crippen molar-refractivity contribution in [2.45, 2.75) is 13.0 Å². The first kappa shape index (κ1) is 15.5. The van der Waals surface area contributed by atoms with Gasteiger partial charge in [0.1, 0.15) is 12.1 Å². The molecule has 1 aromatic carbocycles. The molecule has 1 atom stereocenters. The van der Waals surface area contributed by atoms with Gasteiger partial charge in [-0.2, -0.15) is 0 Å². The van der Waals surface area contributed by atoms with Crippen molar-refractivity contribution in [1.29, 1.82) is 0 Å². The molecule has 1 heterocycles. The number of nitrogens with one attached hydrogen (secondary N) is 1. The van der Waals surface area contributed by atoms with Gasteiger partial charge in [0, 0.05) is 24.7 Å². The van der Waals surface area contributed by atoms with Crippen LogP contribution < -0.4 is 10.1 Å². The molecule has 0 saturated carbocycles. The van der Waals surface area contributed by atoms with Crippen LogP contribution in [0, 0.1) is 0 Å². The van der Waals surface area contributed by atoms with Gasteiger partial charge in [0.2, 0.25) is 5.88 Å². The van der Waals surface area contributed by atoms with Crippen LogP contribution in [0.1, 0.15) is 18.6 Å². The first-order chi connectivity index (χ1) is 10.2. The van der Waals surface area contributed by atoms with E-state index >= 15 is 0 Å². The van der Waals surface area contributed by atoms with E-state index in [0.29, 0.717) is 29.9 Å². The van der Waals surface area contributed by atoms with Gasteiger partial charge >= 0.3 is 0 Å². The molecule has 0 aliphatic carbocycles. The molecule has 0 aliphatic rings. The van der Waals surface area contributed by atoms with Crippen LogP contribution in [-0.4, -0.2) is 30.2 Å². The molecular formula is C15H18ClN3O2. The summed E-state index contributed by atoms with van der Waals surface area (Å²) in [5, 5.41) is 3.90. The van der Waals surface area contributed by atoms with Gasteiger partial charge in [-0.05, 0) is 24.6 Å². The first-order valence-electron chi connectivity index (χ1n) is 6.70. The van der Waals surface area contributed by atoms with Crippen LogP contribution in [0.3, 0.4) is 0 Å². The Hall–Kier alpha value is -1.85. The predicted octanol–water partition coefficient (Wildman–Crippen LogP) is 3.33. The molecule has 0 aliphatic heterocycles. The zero-order chi connectivity index (χ0) is 15.1. The number of rotatable bonds is 7. The Bertz CT molecular complexity index is 580. The number of aromatic nitrogens is 2. The van der Waals surface area contributed by atoms with E-state index in [9.17, 15) is 0 Å². The van der Waals surface area contributed by atoms with Gasteiger partial charge in [-0.3, -0.25) is 0 Å². The fourth-order valence-corrected chi connectivity index (χ4v) is 2.10. The summed E-state index contributed by atoms with van der Waals surface area (Å²) in [6.45, 7) is 3.05. The molecule has 1 N–H and O–H groups in total. The standard InChI is InChI=1S/C15H18ClN3O2/c1-3-21-15-8-14(18-10-19-15)17-9-13(20-2)11-5-4-6-12(16)7-11/h4-8,10,13H,3,9H2,1-2H3,(H,17,18,19). The van der Waals surface area contributed by atoms with Crippen molar-refractivity contribution in [2.75, 3.05) is 25.6 Å². The molecule has 0 bridgehead atoms. The minimum atomic E-state index is -0.116. The average Bonchev–Trinajstić information content (AvgIpc) is 2.49. The number of anilines is 1. The minimum absolute atomic E-state index is 0.116. The zero-order valence-electron chi connectivity index (χ0n) is 12.0. The van der Waals surface area contributed by atoms with Crippen LogP contribution in [-0.2, 0) is 4.74 Å². The summed E-state index contributed by atoms with van der Waals surface area (Å²) in [4.78, 5) is 8.18. The maximum absolute atomic E-state index is 6.01. The molecular weight excluding hydrogens is 290 g/mol. The fourth-order valence-electron chi connectivity index (χ4n) is 1.90. The zero-order valence-corrected chi connectivity index (χ0v) is 12.8. The van der Waals surface area contributed by atoms with Gasteiger partial charge in [0.15, 0.2) is 0 Å². The van der Waals surface area contributed by atoms with Gasteiger partial charge in [-0.25, -0.2) is 9.97 Å². The Morgan fingerprint density at radius 1 is 1.29 bits per heavy atom. The van der Waals surface area contributed by atoms with E-state index in [0.717, 1.165) is 5.56 Å². The lowest BCUT2D eigenvalue weighted by atomic mass is 10.1. The van der Waals surface area contributed by atoms with E-state index < -0.39 is 0 Å². The number of nitrogens with zero attached hydrogens (tertiary/aromatic N) is 2. The summed E-state index contributed by atoms with van der Waals surface area (Å²) >= 11 is 6.01. The van der Waals surface area contributed by atoms with E-state index in [1.54, 1.807) is 13.2 Å². The number of benzene rings is 1. The number of hydrogen-bond donors (Lipinski definition) is 1. The number of ether oxygens (including phenoxy) is 2.